The molecule has 28 heavy (non-hydrogen) atoms. The molecule has 0 atom stereocenters. The van der Waals surface area contributed by atoms with Crippen molar-refractivity contribution in [3.8, 4) is 0 Å². The van der Waals surface area contributed by atoms with Crippen LogP contribution in [0.1, 0.15) is 31.8 Å². The fourth-order valence-electron chi connectivity index (χ4n) is 2.73. The molecule has 0 aromatic heterocycles. The second-order valence-corrected chi connectivity index (χ2v) is 7.27. The van der Waals surface area contributed by atoms with Crippen molar-refractivity contribution in [2.45, 2.75) is 17.6 Å². The summed E-state index contributed by atoms with van der Waals surface area (Å²) < 4.78 is 4.78. The third-order valence-electron chi connectivity index (χ3n) is 4.35. The highest BCUT2D eigenvalue weighted by Crippen LogP contribution is 2.23. The minimum absolute atomic E-state index is 0.215. The molecule has 0 aliphatic rings. The zero-order chi connectivity index (χ0) is 19.9. The molecule has 0 heterocycles. The number of esters is 1. The summed E-state index contributed by atoms with van der Waals surface area (Å²) in [4.78, 5) is 25.6. The number of benzene rings is 3. The molecule has 3 rings (SSSR count). The maximum atomic E-state index is 12.6. The molecule has 0 spiro atoms. The highest BCUT2D eigenvalue weighted by molar-refractivity contribution is 7.98. The fourth-order valence-corrected chi connectivity index (χ4v) is 3.61. The van der Waals surface area contributed by atoms with E-state index in [0.717, 1.165) is 11.3 Å². The Kier molecular flexibility index (Phi) is 6.50. The van der Waals surface area contributed by atoms with Crippen LogP contribution in [0.2, 0.25) is 0 Å². The first-order chi connectivity index (χ1) is 13.6. The Bertz CT molecular complexity index is 969. The SMILES string of the molecule is COC(=O)c1cccc(NC(=O)c2ccc(CSc3ccccc3)cc2)c1C. The van der Waals surface area contributed by atoms with Gasteiger partial charge in [-0.2, -0.15) is 0 Å². The molecule has 5 heteroatoms. The fraction of sp³-hybridized carbons (Fsp3) is 0.130. The van der Waals surface area contributed by atoms with Crippen molar-refractivity contribution >= 4 is 29.3 Å². The van der Waals surface area contributed by atoms with Gasteiger partial charge in [-0.15, -0.1) is 11.8 Å². The van der Waals surface area contributed by atoms with E-state index in [1.54, 1.807) is 36.9 Å². The van der Waals surface area contributed by atoms with Gasteiger partial charge in [-0.1, -0.05) is 36.4 Å². The van der Waals surface area contributed by atoms with Gasteiger partial charge in [0.05, 0.1) is 12.7 Å². The number of hydrogen-bond acceptors (Lipinski definition) is 4. The lowest BCUT2D eigenvalue weighted by molar-refractivity contribution is 0.0599. The van der Waals surface area contributed by atoms with Gasteiger partial charge in [-0.05, 0) is 54.4 Å². The number of ether oxygens (including phenoxy) is 1. The number of carbonyl (C=O) groups is 2. The topological polar surface area (TPSA) is 55.4 Å². The Hall–Kier alpha value is -3.05. The number of rotatable bonds is 6. The molecule has 3 aromatic carbocycles. The summed E-state index contributed by atoms with van der Waals surface area (Å²) >= 11 is 1.75. The smallest absolute Gasteiger partial charge is 0.338 e. The molecule has 1 N–H and O–H groups in total. The van der Waals surface area contributed by atoms with Gasteiger partial charge in [0, 0.05) is 21.9 Å². The summed E-state index contributed by atoms with van der Waals surface area (Å²) in [5.41, 5.74) is 3.43. The number of nitrogens with one attached hydrogen (secondary N) is 1. The summed E-state index contributed by atoms with van der Waals surface area (Å²) in [6, 6.07) is 22.9. The highest BCUT2D eigenvalue weighted by atomic mass is 32.2. The van der Waals surface area contributed by atoms with Crippen LogP contribution in [0.25, 0.3) is 0 Å². The van der Waals surface area contributed by atoms with Crippen molar-refractivity contribution in [1.29, 1.82) is 0 Å². The molecule has 142 valence electrons. The van der Waals surface area contributed by atoms with Gasteiger partial charge in [0.1, 0.15) is 0 Å². The van der Waals surface area contributed by atoms with E-state index in [9.17, 15) is 9.59 Å². The lowest BCUT2D eigenvalue weighted by Gasteiger charge is -2.11. The number of thioether (sulfide) groups is 1. The normalized spacial score (nSPS) is 10.4. The Morgan fingerprint density at radius 3 is 2.32 bits per heavy atom. The van der Waals surface area contributed by atoms with Crippen LogP contribution in [-0.4, -0.2) is 19.0 Å². The molecule has 0 bridgehead atoms. The van der Waals surface area contributed by atoms with Crippen LogP contribution >= 0.6 is 11.8 Å². The van der Waals surface area contributed by atoms with Gasteiger partial charge in [-0.3, -0.25) is 4.79 Å². The number of hydrogen-bond donors (Lipinski definition) is 1. The summed E-state index contributed by atoms with van der Waals surface area (Å²) in [7, 11) is 1.34. The lowest BCUT2D eigenvalue weighted by atomic mass is 10.1. The van der Waals surface area contributed by atoms with E-state index in [-0.39, 0.29) is 5.91 Å². The van der Waals surface area contributed by atoms with E-state index in [4.69, 9.17) is 4.74 Å². The minimum atomic E-state index is -0.422. The lowest BCUT2D eigenvalue weighted by Crippen LogP contribution is -2.14. The maximum Gasteiger partial charge on any atom is 0.338 e. The summed E-state index contributed by atoms with van der Waals surface area (Å²) in [5, 5.41) is 2.87. The third kappa shape index (κ3) is 4.81. The zero-order valence-corrected chi connectivity index (χ0v) is 16.6. The maximum absolute atomic E-state index is 12.6. The van der Waals surface area contributed by atoms with Crippen LogP contribution in [-0.2, 0) is 10.5 Å². The van der Waals surface area contributed by atoms with Gasteiger partial charge >= 0.3 is 5.97 Å². The van der Waals surface area contributed by atoms with Crippen molar-refractivity contribution in [1.82, 2.24) is 0 Å². The molecule has 0 aliphatic heterocycles. The summed E-state index contributed by atoms with van der Waals surface area (Å²) in [5.74, 6) is 0.202. The van der Waals surface area contributed by atoms with Crippen molar-refractivity contribution in [2.75, 3.05) is 12.4 Å². The van der Waals surface area contributed by atoms with Crippen LogP contribution in [0, 0.1) is 6.92 Å². The van der Waals surface area contributed by atoms with E-state index in [2.05, 4.69) is 17.4 Å². The van der Waals surface area contributed by atoms with Gasteiger partial charge in [0.2, 0.25) is 0 Å². The molecular weight excluding hydrogens is 370 g/mol. The van der Waals surface area contributed by atoms with Crippen LogP contribution in [0.5, 0.6) is 0 Å². The highest BCUT2D eigenvalue weighted by Gasteiger charge is 2.14. The van der Waals surface area contributed by atoms with Gasteiger partial charge < -0.3 is 10.1 Å². The van der Waals surface area contributed by atoms with E-state index < -0.39 is 5.97 Å². The van der Waals surface area contributed by atoms with E-state index in [1.807, 2.05) is 42.5 Å². The average Bonchev–Trinajstić information content (AvgIpc) is 2.74. The predicted octanol–water partition coefficient (Wildman–Crippen LogP) is 5.33. The molecule has 0 aliphatic carbocycles. The molecule has 0 fully saturated rings. The third-order valence-corrected chi connectivity index (χ3v) is 5.44. The van der Waals surface area contributed by atoms with Crippen LogP contribution in [0.4, 0.5) is 5.69 Å². The van der Waals surface area contributed by atoms with Gasteiger partial charge in [0.15, 0.2) is 0 Å². The van der Waals surface area contributed by atoms with Gasteiger partial charge in [-0.25, -0.2) is 4.79 Å². The molecule has 3 aromatic rings. The molecule has 0 saturated carbocycles. The van der Waals surface area contributed by atoms with E-state index >= 15 is 0 Å². The van der Waals surface area contributed by atoms with Crippen molar-refractivity contribution < 1.29 is 14.3 Å². The molecule has 0 radical (unpaired) electrons. The first-order valence-corrected chi connectivity index (χ1v) is 9.83. The first kappa shape index (κ1) is 19.7. The Labute approximate surface area is 168 Å². The van der Waals surface area contributed by atoms with Crippen LogP contribution in [0.15, 0.2) is 77.7 Å². The Balaban J connectivity index is 1.66. The summed E-state index contributed by atoms with van der Waals surface area (Å²) in [6.45, 7) is 1.78. The van der Waals surface area contributed by atoms with Crippen molar-refractivity contribution in [3.05, 3.63) is 95.1 Å². The standard InChI is InChI=1S/C23H21NO3S/c1-16-20(23(26)27-2)9-6-10-21(16)24-22(25)18-13-11-17(12-14-18)15-28-19-7-4-3-5-8-19/h3-14H,15H2,1-2H3,(H,24,25). The Morgan fingerprint density at radius 1 is 0.929 bits per heavy atom. The monoisotopic (exact) mass is 391 g/mol. The summed E-state index contributed by atoms with van der Waals surface area (Å²) in [6.07, 6.45) is 0. The Morgan fingerprint density at radius 2 is 1.64 bits per heavy atom. The average molecular weight is 391 g/mol. The second kappa shape index (κ2) is 9.24. The molecule has 4 nitrogen and oxygen atoms in total. The van der Waals surface area contributed by atoms with Crippen molar-refractivity contribution in [2.24, 2.45) is 0 Å². The predicted molar refractivity (Wildman–Crippen MR) is 113 cm³/mol. The van der Waals surface area contributed by atoms with Crippen LogP contribution < -0.4 is 5.32 Å². The second-order valence-electron chi connectivity index (χ2n) is 6.22. The number of carbonyl (C=O) groups excluding carboxylic acids is 2. The van der Waals surface area contributed by atoms with E-state index in [0.29, 0.717) is 22.4 Å². The number of anilines is 1. The molecular formula is C23H21NO3S. The molecule has 0 unspecified atom stereocenters. The number of methoxy groups -OCH3 is 1. The van der Waals surface area contributed by atoms with Crippen molar-refractivity contribution in [3.63, 3.8) is 0 Å². The first-order valence-electron chi connectivity index (χ1n) is 8.84. The molecule has 0 saturated heterocycles. The van der Waals surface area contributed by atoms with Crippen LogP contribution in [0.3, 0.4) is 0 Å². The zero-order valence-electron chi connectivity index (χ0n) is 15.8. The minimum Gasteiger partial charge on any atom is -0.465 e. The molecule has 1 amide bonds. The number of amides is 1. The van der Waals surface area contributed by atoms with Gasteiger partial charge in [0.25, 0.3) is 5.91 Å². The van der Waals surface area contributed by atoms with E-state index in [1.165, 1.54) is 12.0 Å². The largest absolute Gasteiger partial charge is 0.465 e. The quantitative estimate of drug-likeness (QED) is 0.456.